The van der Waals surface area contributed by atoms with Gasteiger partial charge in [-0.25, -0.2) is 4.98 Å². The number of nitriles is 1. The lowest BCUT2D eigenvalue weighted by atomic mass is 10.1. The molecule has 0 fully saturated rings. The van der Waals surface area contributed by atoms with Gasteiger partial charge in [-0.1, -0.05) is 50.1 Å². The van der Waals surface area contributed by atoms with Gasteiger partial charge in [-0.3, -0.25) is 14.9 Å². The van der Waals surface area contributed by atoms with Gasteiger partial charge >= 0.3 is 5.69 Å². The van der Waals surface area contributed by atoms with Crippen molar-refractivity contribution in [3.8, 4) is 11.8 Å². The molecule has 4 aromatic rings. The third-order valence-corrected chi connectivity index (χ3v) is 6.00. The topological polar surface area (TPSA) is 123 Å². The van der Waals surface area contributed by atoms with E-state index < -0.39 is 4.92 Å². The predicted molar refractivity (Wildman–Crippen MR) is 138 cm³/mol. The van der Waals surface area contributed by atoms with Gasteiger partial charge in [0.25, 0.3) is 5.56 Å². The zero-order valence-electron chi connectivity index (χ0n) is 18.1. The third kappa shape index (κ3) is 5.13. The van der Waals surface area contributed by atoms with Crippen LogP contribution in [0.2, 0.25) is 0 Å². The van der Waals surface area contributed by atoms with Crippen molar-refractivity contribution in [3.05, 3.63) is 107 Å². The van der Waals surface area contributed by atoms with Gasteiger partial charge in [0.2, 0.25) is 5.75 Å². The van der Waals surface area contributed by atoms with Gasteiger partial charge in [0.15, 0.2) is 0 Å². The number of aromatic nitrogens is 2. The van der Waals surface area contributed by atoms with Gasteiger partial charge in [-0.15, -0.1) is 0 Å². The molecular weight excluding hydrogens is 582 g/mol. The standard InChI is InChI=1S/C24H15Br2N5O4/c1-14-29-21-7-6-18(25)9-20(21)24(32)30(14)28-12-17-8-19(26)10-22(31(33)34)23(17)35-13-16-5-3-2-4-15(16)11-27/h2-10,12H,13H2,1H3. The van der Waals surface area contributed by atoms with E-state index in [9.17, 15) is 20.2 Å². The highest BCUT2D eigenvalue weighted by Gasteiger charge is 2.21. The molecule has 1 heterocycles. The molecule has 0 saturated heterocycles. The number of halogens is 2. The maximum Gasteiger partial charge on any atom is 0.312 e. The summed E-state index contributed by atoms with van der Waals surface area (Å²) in [5.41, 5.74) is 1.09. The number of nitrogens with zero attached hydrogens (tertiary/aromatic N) is 5. The van der Waals surface area contributed by atoms with Crippen molar-refractivity contribution >= 4 is 54.7 Å². The van der Waals surface area contributed by atoms with Crippen LogP contribution in [0.3, 0.4) is 0 Å². The molecule has 11 heteroatoms. The first-order chi connectivity index (χ1) is 16.8. The third-order valence-electron chi connectivity index (χ3n) is 5.05. The largest absolute Gasteiger partial charge is 0.481 e. The molecule has 0 N–H and O–H groups in total. The first kappa shape index (κ1) is 24.3. The van der Waals surface area contributed by atoms with Crippen LogP contribution in [0.25, 0.3) is 10.9 Å². The maximum atomic E-state index is 13.0. The zero-order valence-corrected chi connectivity index (χ0v) is 21.3. The van der Waals surface area contributed by atoms with Gasteiger partial charge in [0, 0.05) is 26.1 Å². The summed E-state index contributed by atoms with van der Waals surface area (Å²) in [6.45, 7) is 1.57. The number of benzene rings is 3. The number of nitro groups is 1. The molecule has 174 valence electrons. The Kier molecular flexibility index (Phi) is 7.04. The minimum Gasteiger partial charge on any atom is -0.481 e. The van der Waals surface area contributed by atoms with Crippen LogP contribution in [0.4, 0.5) is 5.69 Å². The van der Waals surface area contributed by atoms with Gasteiger partial charge in [0.1, 0.15) is 12.4 Å². The van der Waals surface area contributed by atoms with E-state index in [0.29, 0.717) is 32.3 Å². The van der Waals surface area contributed by atoms with Crippen LogP contribution >= 0.6 is 31.9 Å². The van der Waals surface area contributed by atoms with Crippen LogP contribution in [0.15, 0.2) is 73.4 Å². The lowest BCUT2D eigenvalue weighted by molar-refractivity contribution is -0.386. The van der Waals surface area contributed by atoms with Gasteiger partial charge in [0.05, 0.1) is 33.7 Å². The monoisotopic (exact) mass is 595 g/mol. The molecule has 0 radical (unpaired) electrons. The highest BCUT2D eigenvalue weighted by molar-refractivity contribution is 9.10. The predicted octanol–water partition coefficient (Wildman–Crippen LogP) is 5.47. The maximum absolute atomic E-state index is 13.0. The van der Waals surface area contributed by atoms with Crippen molar-refractivity contribution < 1.29 is 9.66 Å². The Hall–Kier alpha value is -3.88. The summed E-state index contributed by atoms with van der Waals surface area (Å²) in [6, 6.07) is 17.0. The molecule has 0 bridgehead atoms. The number of ether oxygens (including phenoxy) is 1. The zero-order chi connectivity index (χ0) is 25.1. The van der Waals surface area contributed by atoms with Crippen LogP contribution in [0.5, 0.6) is 5.75 Å². The Morgan fingerprint density at radius 2 is 1.97 bits per heavy atom. The second-order valence-corrected chi connectivity index (χ2v) is 9.17. The van der Waals surface area contributed by atoms with Crippen molar-refractivity contribution in [3.63, 3.8) is 0 Å². The van der Waals surface area contributed by atoms with Gasteiger partial charge in [-0.2, -0.15) is 15.0 Å². The highest BCUT2D eigenvalue weighted by Crippen LogP contribution is 2.34. The average Bonchev–Trinajstić information content (AvgIpc) is 2.83. The Morgan fingerprint density at radius 3 is 2.71 bits per heavy atom. The summed E-state index contributed by atoms with van der Waals surface area (Å²) in [5, 5.41) is 25.7. The first-order valence-corrected chi connectivity index (χ1v) is 11.7. The second kappa shape index (κ2) is 10.2. The smallest absolute Gasteiger partial charge is 0.312 e. The molecule has 0 atom stereocenters. The average molecular weight is 597 g/mol. The molecule has 0 spiro atoms. The number of aryl methyl sites for hydroxylation is 1. The minimum absolute atomic E-state index is 0.0445. The van der Waals surface area contributed by atoms with Crippen LogP contribution in [0.1, 0.15) is 22.5 Å². The Labute approximate surface area is 215 Å². The van der Waals surface area contributed by atoms with Crippen molar-refractivity contribution in [1.82, 2.24) is 9.66 Å². The van der Waals surface area contributed by atoms with E-state index in [4.69, 9.17) is 4.74 Å². The van der Waals surface area contributed by atoms with E-state index in [0.717, 1.165) is 9.15 Å². The molecular formula is C24H15Br2N5O4. The molecule has 0 aliphatic rings. The quantitative estimate of drug-likeness (QED) is 0.165. The molecule has 4 rings (SSSR count). The Balaban J connectivity index is 1.79. The minimum atomic E-state index is -0.569. The summed E-state index contributed by atoms with van der Waals surface area (Å²) < 4.78 is 8.11. The Bertz CT molecular complexity index is 1610. The van der Waals surface area contributed by atoms with Crippen LogP contribution < -0.4 is 10.3 Å². The van der Waals surface area contributed by atoms with Crippen LogP contribution in [-0.2, 0) is 6.61 Å². The molecule has 1 aromatic heterocycles. The van der Waals surface area contributed by atoms with Crippen molar-refractivity contribution in [2.75, 3.05) is 0 Å². The fourth-order valence-electron chi connectivity index (χ4n) is 3.41. The van der Waals surface area contributed by atoms with E-state index in [-0.39, 0.29) is 29.2 Å². The number of nitro benzene ring substituents is 1. The van der Waals surface area contributed by atoms with E-state index in [1.807, 2.05) is 0 Å². The number of fused-ring (bicyclic) bond motifs is 1. The summed E-state index contributed by atoms with van der Waals surface area (Å²) in [6.07, 6.45) is 1.31. The lowest BCUT2D eigenvalue weighted by Gasteiger charge is -2.11. The number of rotatable bonds is 6. The molecule has 35 heavy (non-hydrogen) atoms. The first-order valence-electron chi connectivity index (χ1n) is 10.1. The van der Waals surface area contributed by atoms with Gasteiger partial charge in [-0.05, 0) is 37.3 Å². The molecule has 0 aliphatic carbocycles. The molecule has 0 saturated carbocycles. The summed E-state index contributed by atoms with van der Waals surface area (Å²) in [5.74, 6) is 0.299. The second-order valence-electron chi connectivity index (χ2n) is 7.34. The molecule has 0 aliphatic heterocycles. The molecule has 3 aromatic carbocycles. The molecule has 0 amide bonds. The SMILES string of the molecule is Cc1nc2ccc(Br)cc2c(=O)n1N=Cc1cc(Br)cc([N+](=O)[O-])c1OCc1ccccc1C#N. The molecule has 9 nitrogen and oxygen atoms in total. The molecule has 0 unspecified atom stereocenters. The lowest BCUT2D eigenvalue weighted by Crippen LogP contribution is -2.20. The number of hydrogen-bond donors (Lipinski definition) is 0. The van der Waals surface area contributed by atoms with E-state index in [2.05, 4.69) is 48.0 Å². The highest BCUT2D eigenvalue weighted by atomic mass is 79.9. The van der Waals surface area contributed by atoms with Crippen LogP contribution in [0, 0.1) is 28.4 Å². The van der Waals surface area contributed by atoms with Crippen molar-refractivity contribution in [2.24, 2.45) is 5.10 Å². The summed E-state index contributed by atoms with van der Waals surface area (Å²) >= 11 is 6.63. The fraction of sp³-hybridized carbons (Fsp3) is 0.0833. The number of hydrogen-bond acceptors (Lipinski definition) is 7. The Morgan fingerprint density at radius 1 is 1.20 bits per heavy atom. The van der Waals surface area contributed by atoms with Crippen molar-refractivity contribution in [1.29, 1.82) is 5.26 Å². The van der Waals surface area contributed by atoms with Gasteiger partial charge < -0.3 is 4.74 Å². The summed E-state index contributed by atoms with van der Waals surface area (Å²) in [7, 11) is 0. The normalized spacial score (nSPS) is 11.0. The van der Waals surface area contributed by atoms with Crippen molar-refractivity contribution in [2.45, 2.75) is 13.5 Å². The van der Waals surface area contributed by atoms with E-state index in [1.54, 1.807) is 55.5 Å². The summed E-state index contributed by atoms with van der Waals surface area (Å²) in [4.78, 5) is 28.7. The van der Waals surface area contributed by atoms with Crippen LogP contribution in [-0.4, -0.2) is 20.8 Å². The van der Waals surface area contributed by atoms with E-state index >= 15 is 0 Å². The van der Waals surface area contributed by atoms with E-state index in [1.165, 1.54) is 12.3 Å². The fourth-order valence-corrected chi connectivity index (χ4v) is 4.23.